The lowest BCUT2D eigenvalue weighted by atomic mass is 9.72. The SMILES string of the molecule is CC1(C)CCC(CN2CCN(c3ccc(C(=O)NS(=O)(=O)c4ccc(NCC5(F)CCOCC5)c([N+](=O)[O-])c4)c(N4CCC(C)(C)Oc5nc6[nH]ccc6cc54)c3)CC2)=C(c2ccc(Cl)cc2)C1. The van der Waals surface area contributed by atoms with Crippen molar-refractivity contribution in [2.24, 2.45) is 5.41 Å². The fraction of sp³-hybridized carbons (Fsp3) is 0.440. The second-order valence-corrected chi connectivity index (χ2v) is 22.0. The summed E-state index contributed by atoms with van der Waals surface area (Å²) in [6.07, 6.45) is 5.73. The van der Waals surface area contributed by atoms with Crippen LogP contribution in [-0.2, 0) is 14.8 Å². The van der Waals surface area contributed by atoms with Gasteiger partial charge in [-0.25, -0.2) is 17.5 Å². The molecule has 0 bridgehead atoms. The number of nitro groups is 1. The van der Waals surface area contributed by atoms with Gasteiger partial charge in [0.1, 0.15) is 28.3 Å². The Kier molecular flexibility index (Phi) is 13.0. The van der Waals surface area contributed by atoms with E-state index in [4.69, 9.17) is 26.1 Å². The van der Waals surface area contributed by atoms with Crippen LogP contribution in [0, 0.1) is 15.5 Å². The number of benzene rings is 3. The van der Waals surface area contributed by atoms with Crippen molar-refractivity contribution in [2.75, 3.05) is 74.1 Å². The van der Waals surface area contributed by atoms with Gasteiger partial charge in [0.2, 0.25) is 5.88 Å². The van der Waals surface area contributed by atoms with Crippen LogP contribution < -0.4 is 24.6 Å². The molecule has 0 radical (unpaired) electrons. The van der Waals surface area contributed by atoms with Gasteiger partial charge in [0.25, 0.3) is 21.6 Å². The Hall–Kier alpha value is -5.75. The largest absolute Gasteiger partial charge is 0.470 e. The first kappa shape index (κ1) is 47.3. The van der Waals surface area contributed by atoms with Gasteiger partial charge in [0.15, 0.2) is 0 Å². The zero-order chi connectivity index (χ0) is 48.0. The summed E-state index contributed by atoms with van der Waals surface area (Å²) in [6, 6.07) is 20.7. The number of anilines is 4. The third kappa shape index (κ3) is 10.3. The molecule has 0 spiro atoms. The molecule has 2 saturated heterocycles. The van der Waals surface area contributed by atoms with Crippen molar-refractivity contribution in [3.05, 3.63) is 111 Å². The molecule has 0 unspecified atom stereocenters. The molecule has 2 fully saturated rings. The van der Waals surface area contributed by atoms with Crippen LogP contribution in [0.4, 0.5) is 32.8 Å². The van der Waals surface area contributed by atoms with Gasteiger partial charge in [-0.3, -0.25) is 19.8 Å². The molecule has 18 heteroatoms. The highest BCUT2D eigenvalue weighted by molar-refractivity contribution is 7.90. The van der Waals surface area contributed by atoms with Gasteiger partial charge in [-0.15, -0.1) is 0 Å². The number of allylic oxidation sites excluding steroid dienone is 1. The number of piperazine rings is 1. The summed E-state index contributed by atoms with van der Waals surface area (Å²) in [6.45, 7) is 13.2. The van der Waals surface area contributed by atoms with E-state index in [1.54, 1.807) is 12.3 Å². The number of ether oxygens (including phenoxy) is 2. The minimum atomic E-state index is -4.67. The minimum absolute atomic E-state index is 0.0459. The number of nitro benzene ring substituents is 1. The lowest BCUT2D eigenvalue weighted by Gasteiger charge is -2.39. The van der Waals surface area contributed by atoms with E-state index in [0.29, 0.717) is 35.9 Å². The molecule has 1 amide bonds. The molecule has 5 aromatic rings. The first-order valence-corrected chi connectivity index (χ1v) is 25.1. The molecule has 3 aliphatic heterocycles. The topological polar surface area (TPSA) is 175 Å². The molecule has 3 N–H and O–H groups in total. The Morgan fingerprint density at radius 1 is 0.926 bits per heavy atom. The third-order valence-electron chi connectivity index (χ3n) is 13.8. The number of carbonyl (C=O) groups excluding carboxylic acids is 1. The second kappa shape index (κ2) is 18.6. The average molecular weight is 970 g/mol. The number of hydrogen-bond donors (Lipinski definition) is 3. The molecular formula is C50H58ClFN8O7S. The number of amides is 1. The zero-order valence-electron chi connectivity index (χ0n) is 38.9. The number of rotatable bonds is 12. The van der Waals surface area contributed by atoms with Gasteiger partial charge in [-0.1, -0.05) is 43.2 Å². The second-order valence-electron chi connectivity index (χ2n) is 19.9. The summed E-state index contributed by atoms with van der Waals surface area (Å²) in [4.78, 5) is 40.2. The third-order valence-corrected chi connectivity index (χ3v) is 15.4. The van der Waals surface area contributed by atoms with Crippen LogP contribution in [0.15, 0.2) is 89.5 Å². The van der Waals surface area contributed by atoms with Crippen LogP contribution in [0.3, 0.4) is 0 Å². The van der Waals surface area contributed by atoms with E-state index in [1.165, 1.54) is 22.8 Å². The van der Waals surface area contributed by atoms with Crippen LogP contribution in [-0.4, -0.2) is 104 Å². The molecule has 0 atom stereocenters. The van der Waals surface area contributed by atoms with E-state index in [-0.39, 0.29) is 49.3 Å². The number of halogens is 2. The fourth-order valence-electron chi connectivity index (χ4n) is 9.70. The molecular weight excluding hydrogens is 911 g/mol. The maximum atomic E-state index is 15.4. The van der Waals surface area contributed by atoms with E-state index in [2.05, 4.69) is 50.8 Å². The van der Waals surface area contributed by atoms with Crippen molar-refractivity contribution < 1.29 is 32.0 Å². The van der Waals surface area contributed by atoms with Crippen molar-refractivity contribution in [2.45, 2.75) is 82.4 Å². The summed E-state index contributed by atoms with van der Waals surface area (Å²) in [5, 5.41) is 16.6. The molecule has 0 saturated carbocycles. The molecule has 3 aromatic carbocycles. The normalized spacial score (nSPS) is 19.5. The van der Waals surface area contributed by atoms with E-state index < -0.39 is 42.7 Å². The van der Waals surface area contributed by atoms with Crippen LogP contribution >= 0.6 is 11.6 Å². The summed E-state index contributed by atoms with van der Waals surface area (Å²) >= 11 is 6.28. The molecule has 1 aliphatic carbocycles. The standard InChI is InChI=1S/C50H58ClFN8O7S/c1-48(2)15-13-35(40(30-48)33-5-7-36(51)8-6-33)31-57-21-23-58(24-22-57)37-9-11-39(42(28-37)59-20-16-49(3,4)67-47-44(59)27-34-14-19-53-45(34)55-47)46(61)56-68(64,65)38-10-12-41(43(29-38)60(62)63)54-32-50(52)17-25-66-26-18-50/h5-12,14,19,27-29,54H,13,15-18,20-26,30-32H2,1-4H3,(H,53,55)(H,56,61). The zero-order valence-corrected chi connectivity index (χ0v) is 40.4. The van der Waals surface area contributed by atoms with Crippen LogP contribution in [0.5, 0.6) is 5.88 Å². The number of H-pyrrole nitrogens is 1. The number of hydrogen-bond acceptors (Lipinski definition) is 12. The van der Waals surface area contributed by atoms with Crippen LogP contribution in [0.2, 0.25) is 5.02 Å². The highest BCUT2D eigenvalue weighted by Gasteiger charge is 2.36. The summed E-state index contributed by atoms with van der Waals surface area (Å²) in [7, 11) is -4.67. The molecule has 4 aliphatic rings. The van der Waals surface area contributed by atoms with E-state index >= 15 is 4.39 Å². The van der Waals surface area contributed by atoms with Crippen molar-refractivity contribution in [1.29, 1.82) is 0 Å². The van der Waals surface area contributed by atoms with Gasteiger partial charge >= 0.3 is 0 Å². The van der Waals surface area contributed by atoms with Gasteiger partial charge in [-0.05, 0) is 104 Å². The number of aromatic amines is 1. The van der Waals surface area contributed by atoms with Crippen LogP contribution in [0.25, 0.3) is 16.6 Å². The number of alkyl halides is 1. The maximum absolute atomic E-state index is 15.4. The van der Waals surface area contributed by atoms with Gasteiger partial charge < -0.3 is 29.6 Å². The number of sulfonamides is 1. The van der Waals surface area contributed by atoms with Crippen molar-refractivity contribution in [1.82, 2.24) is 19.6 Å². The number of fused-ring (bicyclic) bond motifs is 2. The quantitative estimate of drug-likeness (QED) is 0.0799. The Morgan fingerprint density at radius 3 is 2.41 bits per heavy atom. The smallest absolute Gasteiger partial charge is 0.293 e. The maximum Gasteiger partial charge on any atom is 0.293 e. The fourth-order valence-corrected chi connectivity index (χ4v) is 10.8. The first-order chi connectivity index (χ1) is 32.3. The van der Waals surface area contributed by atoms with Gasteiger partial charge in [-0.2, -0.15) is 4.98 Å². The van der Waals surface area contributed by atoms with Gasteiger partial charge in [0, 0.05) is 107 Å². The van der Waals surface area contributed by atoms with Crippen LogP contribution in [0.1, 0.15) is 82.1 Å². The predicted molar refractivity (Wildman–Crippen MR) is 264 cm³/mol. The number of aromatic nitrogens is 2. The number of pyridine rings is 1. The summed E-state index contributed by atoms with van der Waals surface area (Å²) < 4.78 is 57.4. The monoisotopic (exact) mass is 968 g/mol. The lowest BCUT2D eigenvalue weighted by molar-refractivity contribution is -0.384. The lowest BCUT2D eigenvalue weighted by Crippen LogP contribution is -2.47. The van der Waals surface area contributed by atoms with Crippen molar-refractivity contribution in [3.63, 3.8) is 0 Å². The summed E-state index contributed by atoms with van der Waals surface area (Å²) in [5.41, 5.74) is 4.00. The van der Waals surface area contributed by atoms with E-state index in [0.717, 1.165) is 80.2 Å². The highest BCUT2D eigenvalue weighted by atomic mass is 35.5. The van der Waals surface area contributed by atoms with Gasteiger partial charge in [0.05, 0.1) is 21.1 Å². The van der Waals surface area contributed by atoms with E-state index in [1.807, 2.05) is 55.1 Å². The molecule has 5 heterocycles. The van der Waals surface area contributed by atoms with Crippen molar-refractivity contribution in [3.8, 4) is 5.88 Å². The average Bonchev–Trinajstić information content (AvgIpc) is 3.71. The number of nitrogens with zero attached hydrogens (tertiary/aromatic N) is 5. The Labute approximate surface area is 401 Å². The van der Waals surface area contributed by atoms with E-state index in [9.17, 15) is 23.3 Å². The molecule has 360 valence electrons. The minimum Gasteiger partial charge on any atom is -0.470 e. The summed E-state index contributed by atoms with van der Waals surface area (Å²) in [5.74, 6) is -0.572. The predicted octanol–water partition coefficient (Wildman–Crippen LogP) is 9.66. The molecule has 9 rings (SSSR count). The Morgan fingerprint density at radius 2 is 1.68 bits per heavy atom. The number of carbonyl (C=O) groups is 1. The molecule has 68 heavy (non-hydrogen) atoms. The Balaban J connectivity index is 1.01. The highest BCUT2D eigenvalue weighted by Crippen LogP contribution is 2.45. The number of nitrogens with one attached hydrogen (secondary N) is 3. The molecule has 2 aromatic heterocycles. The van der Waals surface area contributed by atoms with Crippen molar-refractivity contribution >= 4 is 72.6 Å². The first-order valence-electron chi connectivity index (χ1n) is 23.2. The Bertz CT molecular complexity index is 2870. The molecule has 15 nitrogen and oxygen atoms in total.